The zero-order valence-electron chi connectivity index (χ0n) is 16.4. The minimum Gasteiger partial charge on any atom is -0.361 e. The van der Waals surface area contributed by atoms with E-state index in [0.29, 0.717) is 12.3 Å². The maximum atomic E-state index is 12.4. The van der Waals surface area contributed by atoms with E-state index >= 15 is 0 Å². The molecule has 0 saturated heterocycles. The summed E-state index contributed by atoms with van der Waals surface area (Å²) in [6, 6.07) is 7.61. The van der Waals surface area contributed by atoms with Crippen LogP contribution in [0, 0.1) is 6.92 Å². The summed E-state index contributed by atoms with van der Waals surface area (Å²) in [6.07, 6.45) is 1.84. The third-order valence-electron chi connectivity index (χ3n) is 4.49. The molecule has 9 heteroatoms. The van der Waals surface area contributed by atoms with Gasteiger partial charge in [0.15, 0.2) is 5.69 Å². The lowest BCUT2D eigenvalue weighted by molar-refractivity contribution is -0.129. The van der Waals surface area contributed by atoms with Crippen LogP contribution in [0.3, 0.4) is 0 Å². The van der Waals surface area contributed by atoms with Gasteiger partial charge in [0.25, 0.3) is 5.91 Å². The molecular weight excluding hydrogens is 374 g/mol. The minimum atomic E-state index is -0.844. The Labute approximate surface area is 167 Å². The fourth-order valence-electron chi connectivity index (χ4n) is 2.85. The van der Waals surface area contributed by atoms with Crippen LogP contribution in [0.1, 0.15) is 35.7 Å². The fourth-order valence-corrected chi connectivity index (χ4v) is 2.85. The number of aromatic nitrogens is 2. The van der Waals surface area contributed by atoms with E-state index in [0.717, 1.165) is 16.5 Å². The van der Waals surface area contributed by atoms with Crippen molar-refractivity contribution >= 4 is 28.6 Å². The molecule has 0 aliphatic heterocycles. The highest BCUT2D eigenvalue weighted by molar-refractivity contribution is 5.97. The molecule has 0 aliphatic carbocycles. The van der Waals surface area contributed by atoms with Crippen molar-refractivity contribution in [3.8, 4) is 0 Å². The Bertz CT molecular complexity index is 1040. The van der Waals surface area contributed by atoms with E-state index < -0.39 is 23.9 Å². The predicted molar refractivity (Wildman–Crippen MR) is 106 cm³/mol. The number of carbonyl (C=O) groups excluding carboxylic acids is 3. The number of amides is 3. The van der Waals surface area contributed by atoms with E-state index in [4.69, 9.17) is 4.52 Å². The number of hydrogen-bond donors (Lipinski definition) is 4. The lowest BCUT2D eigenvalue weighted by Crippen LogP contribution is -2.51. The summed E-state index contributed by atoms with van der Waals surface area (Å²) in [5.41, 5.74) is 2.05. The molecule has 0 radical (unpaired) electrons. The molecule has 2 atom stereocenters. The van der Waals surface area contributed by atoms with Gasteiger partial charge in [-0.15, -0.1) is 0 Å². The molecule has 0 fully saturated rings. The molecule has 3 amide bonds. The highest BCUT2D eigenvalue weighted by atomic mass is 16.5. The van der Waals surface area contributed by atoms with Gasteiger partial charge < -0.3 is 25.5 Å². The minimum absolute atomic E-state index is 0.0897. The lowest BCUT2D eigenvalue weighted by atomic mass is 10.1. The molecule has 3 rings (SSSR count). The smallest absolute Gasteiger partial charge is 0.274 e. The van der Waals surface area contributed by atoms with Crippen LogP contribution in [0.25, 0.3) is 10.9 Å². The van der Waals surface area contributed by atoms with Gasteiger partial charge in [0, 0.05) is 29.7 Å². The van der Waals surface area contributed by atoms with E-state index in [-0.39, 0.29) is 11.6 Å². The largest absolute Gasteiger partial charge is 0.361 e. The summed E-state index contributed by atoms with van der Waals surface area (Å²) in [7, 11) is 0. The van der Waals surface area contributed by atoms with E-state index in [1.807, 2.05) is 30.5 Å². The summed E-state index contributed by atoms with van der Waals surface area (Å²) in [5.74, 6) is -0.834. The highest BCUT2D eigenvalue weighted by Crippen LogP contribution is 2.17. The number of benzene rings is 1. The van der Waals surface area contributed by atoms with Gasteiger partial charge in [0.1, 0.15) is 17.8 Å². The Morgan fingerprint density at radius 3 is 2.59 bits per heavy atom. The zero-order chi connectivity index (χ0) is 21.0. The highest BCUT2D eigenvalue weighted by Gasteiger charge is 2.22. The Balaban J connectivity index is 1.50. The summed E-state index contributed by atoms with van der Waals surface area (Å²) >= 11 is 0. The van der Waals surface area contributed by atoms with Crippen molar-refractivity contribution in [2.24, 2.45) is 0 Å². The van der Waals surface area contributed by atoms with Crippen LogP contribution >= 0.6 is 0 Å². The maximum absolute atomic E-state index is 12.4. The van der Waals surface area contributed by atoms with Gasteiger partial charge in [-0.25, -0.2) is 0 Å². The molecule has 0 bridgehead atoms. The van der Waals surface area contributed by atoms with Gasteiger partial charge in [0.2, 0.25) is 11.8 Å². The first kappa shape index (κ1) is 20.1. The van der Waals surface area contributed by atoms with Gasteiger partial charge in [-0.2, -0.15) is 0 Å². The van der Waals surface area contributed by atoms with Crippen LogP contribution in [-0.2, 0) is 16.1 Å². The standard InChI is InChI=1S/C20H23N5O4/c1-11-9-17(25-29-11)20(28)24-13(3)19(27)23-12(2)18(26)22-10-14-5-4-6-16-15(14)7-8-21-16/h4-9,12-13,21H,10H2,1-3H3,(H,22,26)(H,23,27)(H,24,28)/t12-,13-/m0/s1. The molecule has 0 aliphatic rings. The molecular formula is C20H23N5O4. The molecule has 2 heterocycles. The zero-order valence-corrected chi connectivity index (χ0v) is 16.4. The summed E-state index contributed by atoms with van der Waals surface area (Å²) in [4.78, 5) is 39.8. The van der Waals surface area contributed by atoms with Crippen LogP contribution in [0.4, 0.5) is 0 Å². The topological polar surface area (TPSA) is 129 Å². The predicted octanol–water partition coefficient (Wildman–Crippen LogP) is 1.40. The van der Waals surface area contributed by atoms with Gasteiger partial charge in [-0.05, 0) is 38.5 Å². The molecule has 0 saturated carbocycles. The van der Waals surface area contributed by atoms with Crippen molar-refractivity contribution in [1.29, 1.82) is 0 Å². The average Bonchev–Trinajstić information content (AvgIpc) is 3.34. The Morgan fingerprint density at radius 2 is 1.86 bits per heavy atom. The van der Waals surface area contributed by atoms with Crippen LogP contribution in [0.2, 0.25) is 0 Å². The number of hydrogen-bond acceptors (Lipinski definition) is 5. The Kier molecular flexibility index (Phi) is 5.96. The molecule has 152 valence electrons. The van der Waals surface area contributed by atoms with E-state index in [2.05, 4.69) is 26.1 Å². The van der Waals surface area contributed by atoms with Crippen molar-refractivity contribution in [2.75, 3.05) is 0 Å². The SMILES string of the molecule is Cc1cc(C(=O)N[C@@H](C)C(=O)N[C@@H](C)C(=O)NCc2cccc3[nH]ccc23)no1. The average molecular weight is 397 g/mol. The van der Waals surface area contributed by atoms with Crippen molar-refractivity contribution < 1.29 is 18.9 Å². The maximum Gasteiger partial charge on any atom is 0.274 e. The lowest BCUT2D eigenvalue weighted by Gasteiger charge is -2.18. The third kappa shape index (κ3) is 4.81. The second-order valence-corrected chi connectivity index (χ2v) is 6.82. The normalized spacial score (nSPS) is 12.9. The molecule has 0 unspecified atom stereocenters. The molecule has 4 N–H and O–H groups in total. The van der Waals surface area contributed by atoms with E-state index in [1.54, 1.807) is 13.8 Å². The number of rotatable bonds is 7. The quantitative estimate of drug-likeness (QED) is 0.479. The first-order valence-corrected chi connectivity index (χ1v) is 9.22. The Hall–Kier alpha value is -3.62. The molecule has 3 aromatic rings. The van der Waals surface area contributed by atoms with Crippen LogP contribution in [-0.4, -0.2) is 39.9 Å². The molecule has 2 aromatic heterocycles. The number of nitrogens with zero attached hydrogens (tertiary/aromatic N) is 1. The van der Waals surface area contributed by atoms with E-state index in [9.17, 15) is 14.4 Å². The second kappa shape index (κ2) is 8.59. The molecule has 29 heavy (non-hydrogen) atoms. The van der Waals surface area contributed by atoms with Crippen molar-refractivity contribution in [1.82, 2.24) is 26.1 Å². The summed E-state index contributed by atoms with van der Waals surface area (Å²) < 4.78 is 4.84. The van der Waals surface area contributed by atoms with Gasteiger partial charge in [-0.1, -0.05) is 17.3 Å². The van der Waals surface area contributed by atoms with Gasteiger partial charge in [-0.3, -0.25) is 14.4 Å². The van der Waals surface area contributed by atoms with Crippen LogP contribution < -0.4 is 16.0 Å². The first-order valence-electron chi connectivity index (χ1n) is 9.22. The number of aromatic amines is 1. The van der Waals surface area contributed by atoms with Crippen LogP contribution in [0.5, 0.6) is 0 Å². The number of carbonyl (C=O) groups is 3. The first-order chi connectivity index (χ1) is 13.8. The number of fused-ring (bicyclic) bond motifs is 1. The van der Waals surface area contributed by atoms with Crippen molar-refractivity contribution in [3.05, 3.63) is 53.5 Å². The fraction of sp³-hybridized carbons (Fsp3) is 0.300. The van der Waals surface area contributed by atoms with Crippen LogP contribution in [0.15, 0.2) is 41.1 Å². The molecule has 9 nitrogen and oxygen atoms in total. The second-order valence-electron chi connectivity index (χ2n) is 6.82. The number of aryl methyl sites for hydroxylation is 1. The van der Waals surface area contributed by atoms with Crippen molar-refractivity contribution in [3.63, 3.8) is 0 Å². The number of H-pyrrole nitrogens is 1. The molecule has 0 spiro atoms. The van der Waals surface area contributed by atoms with Crippen molar-refractivity contribution in [2.45, 2.75) is 39.4 Å². The summed E-state index contributed by atoms with van der Waals surface area (Å²) in [5, 5.41) is 12.6. The summed E-state index contributed by atoms with van der Waals surface area (Å²) in [6.45, 7) is 5.11. The van der Waals surface area contributed by atoms with E-state index in [1.165, 1.54) is 13.0 Å². The molecule has 1 aromatic carbocycles. The monoisotopic (exact) mass is 397 g/mol. The van der Waals surface area contributed by atoms with Gasteiger partial charge >= 0.3 is 0 Å². The third-order valence-corrected chi connectivity index (χ3v) is 4.49. The number of nitrogens with one attached hydrogen (secondary N) is 4. The van der Waals surface area contributed by atoms with Gasteiger partial charge in [0.05, 0.1) is 0 Å². The Morgan fingerprint density at radius 1 is 1.10 bits per heavy atom.